The molecule has 1 saturated carbocycles. The van der Waals surface area contributed by atoms with Gasteiger partial charge in [-0.1, -0.05) is 37.3 Å². The van der Waals surface area contributed by atoms with Crippen molar-refractivity contribution in [2.45, 2.75) is 18.1 Å². The lowest BCUT2D eigenvalue weighted by atomic mass is 10.0. The molecule has 0 aliphatic heterocycles. The average Bonchev–Trinajstić information content (AvgIpc) is 3.10. The quantitative estimate of drug-likeness (QED) is 0.826. The Morgan fingerprint density at radius 2 is 1.78 bits per heavy atom. The number of nitriles is 2. The van der Waals surface area contributed by atoms with Gasteiger partial charge in [-0.3, -0.25) is 0 Å². The molecule has 1 fully saturated rings. The van der Waals surface area contributed by atoms with Crippen LogP contribution >= 0.6 is 0 Å². The molecule has 1 aromatic carbocycles. The molecule has 0 saturated heterocycles. The maximum atomic E-state index is 12.0. The highest BCUT2D eigenvalue weighted by Gasteiger charge is 2.72. The van der Waals surface area contributed by atoms with Crippen molar-refractivity contribution in [1.82, 2.24) is 0 Å². The van der Waals surface area contributed by atoms with Crippen molar-refractivity contribution in [3.63, 3.8) is 0 Å². The Morgan fingerprint density at radius 3 is 2.22 bits per heavy atom. The van der Waals surface area contributed by atoms with Crippen LogP contribution in [0, 0.1) is 28.1 Å². The molecular weight excluding hydrogens is 248 g/mol. The van der Waals surface area contributed by atoms with Gasteiger partial charge in [0.25, 0.3) is 0 Å². The molecule has 2 rings (SSSR count). The van der Waals surface area contributed by atoms with Gasteiger partial charge in [0, 0.05) is 11.7 Å². The van der Waals surface area contributed by atoms with Gasteiger partial charge in [-0.15, -0.1) is 0 Å². The van der Waals surface area contributed by atoms with Crippen LogP contribution in [-0.4, -0.2) is 19.4 Å². The summed E-state index contributed by atoms with van der Waals surface area (Å²) in [7, 11) is -3.40. The molecule has 0 unspecified atom stereocenters. The van der Waals surface area contributed by atoms with E-state index in [4.69, 9.17) is 0 Å². The third kappa shape index (κ3) is 1.60. The molecule has 0 radical (unpaired) electrons. The number of hydrogen-bond donors (Lipinski definition) is 0. The maximum absolute atomic E-state index is 12.0. The third-order valence-electron chi connectivity index (χ3n) is 3.45. The van der Waals surface area contributed by atoms with Gasteiger partial charge in [0.1, 0.15) is 5.25 Å². The fourth-order valence-electron chi connectivity index (χ4n) is 2.42. The molecule has 18 heavy (non-hydrogen) atoms. The SMILES string of the molecule is CCS(=O)(=O)[C@@H]1[C@@H](c2ccccc2)C1(C#N)C#N. The second-order valence-electron chi connectivity index (χ2n) is 4.35. The monoisotopic (exact) mass is 260 g/mol. The van der Waals surface area contributed by atoms with Crippen LogP contribution in [0.25, 0.3) is 0 Å². The maximum Gasteiger partial charge on any atom is 0.169 e. The van der Waals surface area contributed by atoms with Crippen LogP contribution < -0.4 is 0 Å². The Labute approximate surface area is 106 Å². The summed E-state index contributed by atoms with van der Waals surface area (Å²) >= 11 is 0. The van der Waals surface area contributed by atoms with Crippen LogP contribution in [0.5, 0.6) is 0 Å². The van der Waals surface area contributed by atoms with Crippen LogP contribution in [0.15, 0.2) is 30.3 Å². The molecule has 0 spiro atoms. The number of benzene rings is 1. The van der Waals surface area contributed by atoms with E-state index >= 15 is 0 Å². The van der Waals surface area contributed by atoms with E-state index in [9.17, 15) is 18.9 Å². The summed E-state index contributed by atoms with van der Waals surface area (Å²) < 4.78 is 24.0. The van der Waals surface area contributed by atoms with E-state index < -0.39 is 26.4 Å². The van der Waals surface area contributed by atoms with Crippen molar-refractivity contribution in [2.75, 3.05) is 5.75 Å². The molecule has 0 N–H and O–H groups in total. The van der Waals surface area contributed by atoms with Crippen molar-refractivity contribution in [3.05, 3.63) is 35.9 Å². The lowest BCUT2D eigenvalue weighted by Gasteiger charge is -1.98. The van der Waals surface area contributed by atoms with E-state index in [-0.39, 0.29) is 5.75 Å². The molecule has 5 heteroatoms. The van der Waals surface area contributed by atoms with Gasteiger partial charge < -0.3 is 0 Å². The fraction of sp³-hybridized carbons (Fsp3) is 0.385. The van der Waals surface area contributed by atoms with Gasteiger partial charge in [-0.05, 0) is 5.56 Å². The standard InChI is InChI=1S/C13H12N2O2S/c1-2-18(16,17)12-11(13(12,8-14)9-15)10-6-4-3-5-7-10/h3-7,11-12H,2H2,1H3/t11-,12-/m1/s1. The lowest BCUT2D eigenvalue weighted by molar-refractivity contribution is 0.592. The Hall–Kier alpha value is -1.85. The van der Waals surface area contributed by atoms with E-state index in [2.05, 4.69) is 0 Å². The molecular formula is C13H12N2O2S. The zero-order chi connectivity index (χ0) is 13.4. The van der Waals surface area contributed by atoms with Crippen molar-refractivity contribution in [3.8, 4) is 12.1 Å². The van der Waals surface area contributed by atoms with E-state index in [0.717, 1.165) is 5.56 Å². The second-order valence-corrected chi connectivity index (χ2v) is 6.76. The van der Waals surface area contributed by atoms with Gasteiger partial charge in [-0.2, -0.15) is 10.5 Å². The van der Waals surface area contributed by atoms with Crippen LogP contribution in [0.2, 0.25) is 0 Å². The zero-order valence-corrected chi connectivity index (χ0v) is 10.7. The summed E-state index contributed by atoms with van der Waals surface area (Å²) in [6, 6.07) is 12.7. The van der Waals surface area contributed by atoms with Crippen LogP contribution in [0.4, 0.5) is 0 Å². The van der Waals surface area contributed by atoms with E-state index in [1.165, 1.54) is 6.92 Å². The zero-order valence-electron chi connectivity index (χ0n) is 9.87. The molecule has 1 aliphatic rings. The average molecular weight is 260 g/mol. The highest BCUT2D eigenvalue weighted by atomic mass is 32.2. The first-order chi connectivity index (χ1) is 8.53. The minimum Gasteiger partial charge on any atom is -0.228 e. The molecule has 4 nitrogen and oxygen atoms in total. The van der Waals surface area contributed by atoms with Crippen LogP contribution in [0.1, 0.15) is 18.4 Å². The highest BCUT2D eigenvalue weighted by molar-refractivity contribution is 7.92. The number of sulfone groups is 1. The Balaban J connectivity index is 2.51. The summed E-state index contributed by atoms with van der Waals surface area (Å²) in [4.78, 5) is 0. The van der Waals surface area contributed by atoms with Gasteiger partial charge in [0.2, 0.25) is 0 Å². The molecule has 0 bridgehead atoms. The topological polar surface area (TPSA) is 81.7 Å². The third-order valence-corrected chi connectivity index (χ3v) is 5.67. The van der Waals surface area contributed by atoms with Crippen molar-refractivity contribution >= 4 is 9.84 Å². The molecule has 0 amide bonds. The lowest BCUT2D eigenvalue weighted by Crippen LogP contribution is -2.15. The Kier molecular flexibility index (Phi) is 2.88. The van der Waals surface area contributed by atoms with E-state index in [1.807, 2.05) is 18.2 Å². The van der Waals surface area contributed by atoms with E-state index in [0.29, 0.717) is 0 Å². The Morgan fingerprint density at radius 1 is 1.22 bits per heavy atom. The number of nitrogens with zero attached hydrogens (tertiary/aromatic N) is 2. The molecule has 0 heterocycles. The van der Waals surface area contributed by atoms with Gasteiger partial charge in [0.15, 0.2) is 15.3 Å². The van der Waals surface area contributed by atoms with Crippen molar-refractivity contribution in [1.29, 1.82) is 10.5 Å². The number of hydrogen-bond acceptors (Lipinski definition) is 4. The highest BCUT2D eigenvalue weighted by Crippen LogP contribution is 2.62. The largest absolute Gasteiger partial charge is 0.228 e. The fourth-order valence-corrected chi connectivity index (χ4v) is 4.30. The summed E-state index contributed by atoms with van der Waals surface area (Å²) in [5, 5.41) is 17.5. The molecule has 92 valence electrons. The van der Waals surface area contributed by atoms with Crippen molar-refractivity contribution in [2.24, 2.45) is 5.41 Å². The first-order valence-electron chi connectivity index (χ1n) is 5.62. The first-order valence-corrected chi connectivity index (χ1v) is 7.34. The normalized spacial score (nSPS) is 24.8. The smallest absolute Gasteiger partial charge is 0.169 e. The summed E-state index contributed by atoms with van der Waals surface area (Å²) in [5.41, 5.74) is -0.682. The van der Waals surface area contributed by atoms with Gasteiger partial charge in [0.05, 0.1) is 12.1 Å². The molecule has 1 aromatic rings. The summed E-state index contributed by atoms with van der Waals surface area (Å²) in [6.07, 6.45) is 0. The van der Waals surface area contributed by atoms with Gasteiger partial charge >= 0.3 is 0 Å². The van der Waals surface area contributed by atoms with Crippen LogP contribution in [0.3, 0.4) is 0 Å². The van der Waals surface area contributed by atoms with Crippen LogP contribution in [-0.2, 0) is 9.84 Å². The van der Waals surface area contributed by atoms with Gasteiger partial charge in [-0.25, -0.2) is 8.42 Å². The van der Waals surface area contributed by atoms with E-state index in [1.54, 1.807) is 24.3 Å². The molecule has 1 aliphatic carbocycles. The minimum absolute atomic E-state index is 0.0495. The minimum atomic E-state index is -3.40. The molecule has 2 atom stereocenters. The van der Waals surface area contributed by atoms with Crippen molar-refractivity contribution < 1.29 is 8.42 Å². The Bertz CT molecular complexity index is 624. The number of rotatable bonds is 3. The summed E-state index contributed by atoms with van der Waals surface area (Å²) in [6.45, 7) is 1.54. The predicted molar refractivity (Wildman–Crippen MR) is 66.1 cm³/mol. The molecule has 0 aromatic heterocycles. The second kappa shape index (κ2) is 4.12. The first kappa shape index (κ1) is 12.6. The summed E-state index contributed by atoms with van der Waals surface area (Å²) in [5.74, 6) is -0.579. The predicted octanol–water partition coefficient (Wildman–Crippen LogP) is 1.62.